The number of ether oxygens (including phenoxy) is 1. The minimum absolute atomic E-state index is 0.138. The number of aryl methyl sites for hydroxylation is 1. The van der Waals surface area contributed by atoms with E-state index < -0.39 is 0 Å². The largest absolute Gasteiger partial charge is 0.378 e. The molecule has 0 spiro atoms. The molecule has 2 heteroatoms. The van der Waals surface area contributed by atoms with Crippen molar-refractivity contribution < 1.29 is 4.74 Å². The van der Waals surface area contributed by atoms with Gasteiger partial charge in [-0.1, -0.05) is 45.8 Å². The smallest absolute Gasteiger partial charge is 0.0692 e. The van der Waals surface area contributed by atoms with Crippen LogP contribution in [0.4, 0.5) is 0 Å². The van der Waals surface area contributed by atoms with Crippen molar-refractivity contribution in [1.29, 1.82) is 0 Å². The summed E-state index contributed by atoms with van der Waals surface area (Å²) in [7, 11) is 1.84. The molecule has 1 aliphatic carbocycles. The quantitative estimate of drug-likeness (QED) is 0.745. The Hall–Kier alpha value is -0.340. The molecule has 0 aliphatic heterocycles. The van der Waals surface area contributed by atoms with Gasteiger partial charge in [0.1, 0.15) is 0 Å². The highest BCUT2D eigenvalue weighted by Crippen LogP contribution is 2.44. The Labute approximate surface area is 106 Å². The summed E-state index contributed by atoms with van der Waals surface area (Å²) < 4.78 is 5.66. The average molecular weight is 283 g/mol. The first-order chi connectivity index (χ1) is 7.65. The topological polar surface area (TPSA) is 9.23 Å². The Bertz CT molecular complexity index is 335. The Morgan fingerprint density at radius 3 is 2.38 bits per heavy atom. The molecule has 1 aromatic rings. The number of alkyl halides is 1. The molecule has 1 nitrogen and oxygen atoms in total. The van der Waals surface area contributed by atoms with Crippen LogP contribution in [0, 0.1) is 6.92 Å². The van der Waals surface area contributed by atoms with Gasteiger partial charge in [0.05, 0.1) is 5.60 Å². The summed E-state index contributed by atoms with van der Waals surface area (Å²) in [6.45, 7) is 2.12. The molecule has 0 N–H and O–H groups in total. The monoisotopic (exact) mass is 282 g/mol. The summed E-state index contributed by atoms with van der Waals surface area (Å²) in [6.07, 6.45) is 4.79. The third-order valence-corrected chi connectivity index (χ3v) is 4.54. The van der Waals surface area contributed by atoms with Crippen molar-refractivity contribution >= 4 is 15.9 Å². The lowest BCUT2D eigenvalue weighted by Crippen LogP contribution is -2.39. The lowest BCUT2D eigenvalue weighted by molar-refractivity contribution is -0.0773. The van der Waals surface area contributed by atoms with Crippen LogP contribution in [-0.2, 0) is 4.74 Å². The maximum Gasteiger partial charge on any atom is 0.0692 e. The summed E-state index contributed by atoms with van der Waals surface area (Å²) in [4.78, 5) is 0.411. The molecule has 1 atom stereocenters. The van der Waals surface area contributed by atoms with Crippen LogP contribution in [0.25, 0.3) is 0 Å². The maximum atomic E-state index is 5.66. The molecule has 1 aliphatic rings. The molecule has 2 rings (SSSR count). The Morgan fingerprint density at radius 1 is 1.31 bits per heavy atom. The van der Waals surface area contributed by atoms with Gasteiger partial charge in [-0.05, 0) is 38.2 Å². The number of benzene rings is 1. The first-order valence-electron chi connectivity index (χ1n) is 5.91. The van der Waals surface area contributed by atoms with Gasteiger partial charge in [0.15, 0.2) is 0 Å². The second-order valence-corrected chi connectivity index (χ2v) is 5.93. The van der Waals surface area contributed by atoms with Gasteiger partial charge < -0.3 is 4.74 Å². The highest BCUT2D eigenvalue weighted by atomic mass is 79.9. The first-order valence-corrected chi connectivity index (χ1v) is 6.83. The standard InChI is InChI=1S/C14H19BrO/c1-11-4-6-12(7-5-11)13(15)10-14(16-2)8-3-9-14/h4-7,13H,3,8-10H2,1-2H3. The second kappa shape index (κ2) is 4.89. The molecule has 88 valence electrons. The number of methoxy groups -OCH3 is 1. The molecule has 1 fully saturated rings. The Balaban J connectivity index is 2.02. The highest BCUT2D eigenvalue weighted by Gasteiger charge is 2.38. The van der Waals surface area contributed by atoms with E-state index in [9.17, 15) is 0 Å². The van der Waals surface area contributed by atoms with Crippen LogP contribution >= 0.6 is 15.9 Å². The number of hydrogen-bond acceptors (Lipinski definition) is 1. The molecule has 0 amide bonds. The molecule has 0 heterocycles. The summed E-state index contributed by atoms with van der Waals surface area (Å²) >= 11 is 3.78. The van der Waals surface area contributed by atoms with Gasteiger partial charge in [0, 0.05) is 11.9 Å². The summed E-state index contributed by atoms with van der Waals surface area (Å²) in [5, 5.41) is 0. The summed E-state index contributed by atoms with van der Waals surface area (Å²) in [6, 6.07) is 8.75. The molecule has 1 aromatic carbocycles. The highest BCUT2D eigenvalue weighted by molar-refractivity contribution is 9.09. The van der Waals surface area contributed by atoms with Crippen molar-refractivity contribution in [2.75, 3.05) is 7.11 Å². The van der Waals surface area contributed by atoms with Gasteiger partial charge >= 0.3 is 0 Å². The van der Waals surface area contributed by atoms with Crippen molar-refractivity contribution in [2.24, 2.45) is 0 Å². The Kier molecular flexibility index (Phi) is 3.70. The van der Waals surface area contributed by atoms with Crippen molar-refractivity contribution in [3.63, 3.8) is 0 Å². The molecule has 0 bridgehead atoms. The zero-order valence-electron chi connectivity index (χ0n) is 10.0. The van der Waals surface area contributed by atoms with Crippen LogP contribution in [0.5, 0.6) is 0 Å². The van der Waals surface area contributed by atoms with E-state index in [1.54, 1.807) is 0 Å². The minimum atomic E-state index is 0.138. The van der Waals surface area contributed by atoms with Gasteiger partial charge in [-0.2, -0.15) is 0 Å². The van der Waals surface area contributed by atoms with E-state index in [1.807, 2.05) is 7.11 Å². The SMILES string of the molecule is COC1(CC(Br)c2ccc(C)cc2)CCC1. The lowest BCUT2D eigenvalue weighted by Gasteiger charge is -2.42. The van der Waals surface area contributed by atoms with Crippen LogP contribution in [0.15, 0.2) is 24.3 Å². The second-order valence-electron chi connectivity index (χ2n) is 4.82. The van der Waals surface area contributed by atoms with Crippen LogP contribution in [0.2, 0.25) is 0 Å². The van der Waals surface area contributed by atoms with E-state index in [0.717, 1.165) is 6.42 Å². The minimum Gasteiger partial charge on any atom is -0.378 e. The van der Waals surface area contributed by atoms with E-state index in [4.69, 9.17) is 4.74 Å². The summed E-state index contributed by atoms with van der Waals surface area (Å²) in [5.74, 6) is 0. The zero-order valence-corrected chi connectivity index (χ0v) is 11.6. The van der Waals surface area contributed by atoms with Crippen LogP contribution in [0.3, 0.4) is 0 Å². The van der Waals surface area contributed by atoms with Crippen LogP contribution in [0.1, 0.15) is 41.6 Å². The average Bonchev–Trinajstić information content (AvgIpc) is 2.24. The zero-order chi connectivity index (χ0) is 11.6. The van der Waals surface area contributed by atoms with E-state index in [2.05, 4.69) is 47.1 Å². The van der Waals surface area contributed by atoms with Crippen LogP contribution in [-0.4, -0.2) is 12.7 Å². The first kappa shape index (κ1) is 12.1. The molecule has 1 saturated carbocycles. The predicted molar refractivity (Wildman–Crippen MR) is 71.1 cm³/mol. The van der Waals surface area contributed by atoms with Gasteiger partial charge in [-0.15, -0.1) is 0 Å². The Morgan fingerprint density at radius 2 is 1.94 bits per heavy atom. The molecule has 16 heavy (non-hydrogen) atoms. The van der Waals surface area contributed by atoms with E-state index in [-0.39, 0.29) is 5.60 Å². The van der Waals surface area contributed by atoms with Crippen molar-refractivity contribution in [3.05, 3.63) is 35.4 Å². The molecule has 1 unspecified atom stereocenters. The molecule has 0 aromatic heterocycles. The fourth-order valence-corrected chi connectivity index (χ4v) is 3.18. The number of hydrogen-bond donors (Lipinski definition) is 0. The van der Waals surface area contributed by atoms with E-state index >= 15 is 0 Å². The van der Waals surface area contributed by atoms with Crippen molar-refractivity contribution in [1.82, 2.24) is 0 Å². The predicted octanol–water partition coefficient (Wildman–Crippen LogP) is 4.39. The van der Waals surface area contributed by atoms with Gasteiger partial charge in [0.25, 0.3) is 0 Å². The summed E-state index contributed by atoms with van der Waals surface area (Å²) in [5.41, 5.74) is 2.81. The number of halogens is 1. The maximum absolute atomic E-state index is 5.66. The van der Waals surface area contributed by atoms with Gasteiger partial charge in [0.2, 0.25) is 0 Å². The molecule has 0 saturated heterocycles. The fraction of sp³-hybridized carbons (Fsp3) is 0.571. The van der Waals surface area contributed by atoms with E-state index in [0.29, 0.717) is 4.83 Å². The van der Waals surface area contributed by atoms with Crippen molar-refractivity contribution in [2.45, 2.75) is 43.0 Å². The van der Waals surface area contributed by atoms with Crippen molar-refractivity contribution in [3.8, 4) is 0 Å². The van der Waals surface area contributed by atoms with Gasteiger partial charge in [-0.25, -0.2) is 0 Å². The number of rotatable bonds is 4. The third-order valence-electron chi connectivity index (χ3n) is 3.69. The molecular weight excluding hydrogens is 264 g/mol. The molecule has 0 radical (unpaired) electrons. The third kappa shape index (κ3) is 2.49. The van der Waals surface area contributed by atoms with Crippen LogP contribution < -0.4 is 0 Å². The lowest BCUT2D eigenvalue weighted by atomic mass is 9.76. The van der Waals surface area contributed by atoms with Gasteiger partial charge in [-0.3, -0.25) is 0 Å². The molecular formula is C14H19BrO. The van der Waals surface area contributed by atoms with E-state index in [1.165, 1.54) is 30.4 Å². The fourth-order valence-electron chi connectivity index (χ4n) is 2.28. The normalized spacial score (nSPS) is 20.2.